The Balaban J connectivity index is 1.86. The number of hydrogen-bond acceptors (Lipinski definition) is 5. The number of nitrogens with zero attached hydrogens (tertiary/aromatic N) is 1. The van der Waals surface area contributed by atoms with E-state index in [9.17, 15) is 5.11 Å². The van der Waals surface area contributed by atoms with Crippen molar-refractivity contribution in [3.8, 4) is 11.5 Å². The molecule has 0 saturated carbocycles. The molecule has 2 atom stereocenters. The minimum Gasteiger partial charge on any atom is -0.506 e. The van der Waals surface area contributed by atoms with E-state index in [1.807, 2.05) is 12.1 Å². The molecule has 0 unspecified atom stereocenters. The van der Waals surface area contributed by atoms with E-state index in [4.69, 9.17) is 21.3 Å². The first-order valence-electron chi connectivity index (χ1n) is 10.1. The molecule has 0 bridgehead atoms. The minimum absolute atomic E-state index is 0.0226. The minimum atomic E-state index is -0.724. The Bertz CT molecular complexity index is 1020. The maximum atomic E-state index is 10.3. The van der Waals surface area contributed by atoms with E-state index in [-0.39, 0.29) is 17.2 Å². The summed E-state index contributed by atoms with van der Waals surface area (Å²) >= 11 is 7.91. The Morgan fingerprint density at radius 3 is 2.83 bits per heavy atom. The summed E-state index contributed by atoms with van der Waals surface area (Å²) in [6.45, 7) is 10.3. The van der Waals surface area contributed by atoms with Gasteiger partial charge in [-0.05, 0) is 38.0 Å². The molecule has 30 heavy (non-hydrogen) atoms. The van der Waals surface area contributed by atoms with Crippen molar-refractivity contribution in [3.63, 3.8) is 0 Å². The van der Waals surface area contributed by atoms with Crippen LogP contribution in [0.1, 0.15) is 49.3 Å². The average molecular weight is 443 g/mol. The summed E-state index contributed by atoms with van der Waals surface area (Å²) in [5, 5.41) is 15.0. The van der Waals surface area contributed by atoms with Crippen molar-refractivity contribution in [2.24, 2.45) is 4.99 Å². The molecule has 2 aliphatic heterocycles. The molecule has 0 fully saturated rings. The van der Waals surface area contributed by atoms with Gasteiger partial charge in [0.15, 0.2) is 5.17 Å². The Morgan fingerprint density at radius 1 is 1.33 bits per heavy atom. The van der Waals surface area contributed by atoms with Gasteiger partial charge < -0.3 is 15.2 Å². The number of amidine groups is 1. The SMILES string of the molecule is C=CCSC1=N[C@@]2(C[C@H](c3ccccc3C)c3cc(Cl)c(O)cc3O2)CC(C)(C)N1. The molecule has 2 aliphatic rings. The molecule has 2 N–H and O–H groups in total. The molecule has 2 aromatic rings. The maximum Gasteiger partial charge on any atom is 0.206 e. The predicted molar refractivity (Wildman–Crippen MR) is 126 cm³/mol. The fraction of sp³-hybridized carbons (Fsp3) is 0.375. The molecule has 4 nitrogen and oxygen atoms in total. The van der Waals surface area contributed by atoms with E-state index in [2.05, 4.69) is 56.9 Å². The Hall–Kier alpha value is -2.11. The topological polar surface area (TPSA) is 53.9 Å². The lowest BCUT2D eigenvalue weighted by atomic mass is 9.77. The van der Waals surface area contributed by atoms with Gasteiger partial charge in [-0.15, -0.1) is 6.58 Å². The van der Waals surface area contributed by atoms with Crippen LogP contribution in [-0.4, -0.2) is 27.3 Å². The smallest absolute Gasteiger partial charge is 0.206 e. The summed E-state index contributed by atoms with van der Waals surface area (Å²) in [4.78, 5) is 5.05. The van der Waals surface area contributed by atoms with Crippen LogP contribution in [0, 0.1) is 6.92 Å². The molecule has 0 aromatic heterocycles. The van der Waals surface area contributed by atoms with Gasteiger partial charge in [-0.25, -0.2) is 4.99 Å². The highest BCUT2D eigenvalue weighted by Gasteiger charge is 2.48. The number of benzene rings is 2. The second-order valence-electron chi connectivity index (χ2n) is 8.71. The molecular weight excluding hydrogens is 416 g/mol. The zero-order chi connectivity index (χ0) is 21.5. The largest absolute Gasteiger partial charge is 0.506 e. The molecular formula is C24H27ClN2O2S. The van der Waals surface area contributed by atoms with Gasteiger partial charge in [0.25, 0.3) is 0 Å². The van der Waals surface area contributed by atoms with Crippen LogP contribution in [0.3, 0.4) is 0 Å². The number of thioether (sulfide) groups is 1. The highest BCUT2D eigenvalue weighted by molar-refractivity contribution is 8.13. The quantitative estimate of drug-likeness (QED) is 0.571. The molecule has 6 heteroatoms. The van der Waals surface area contributed by atoms with E-state index in [0.717, 1.165) is 16.5 Å². The maximum absolute atomic E-state index is 10.3. The average Bonchev–Trinajstić information content (AvgIpc) is 2.66. The van der Waals surface area contributed by atoms with E-state index >= 15 is 0 Å². The second kappa shape index (κ2) is 7.86. The number of aliphatic imine (C=N–C) groups is 1. The zero-order valence-electron chi connectivity index (χ0n) is 17.5. The fourth-order valence-corrected chi connectivity index (χ4v) is 5.54. The number of ether oxygens (including phenoxy) is 1. The Labute approximate surface area is 187 Å². The van der Waals surface area contributed by atoms with Crippen LogP contribution in [0.25, 0.3) is 0 Å². The number of fused-ring (bicyclic) bond motifs is 1. The van der Waals surface area contributed by atoms with Gasteiger partial charge >= 0.3 is 0 Å². The normalized spacial score (nSPS) is 24.4. The van der Waals surface area contributed by atoms with Crippen LogP contribution in [0.15, 0.2) is 54.0 Å². The van der Waals surface area contributed by atoms with Crippen molar-refractivity contribution >= 4 is 28.5 Å². The number of rotatable bonds is 3. The van der Waals surface area contributed by atoms with Crippen LogP contribution in [0.4, 0.5) is 0 Å². The van der Waals surface area contributed by atoms with E-state index < -0.39 is 5.72 Å². The number of halogens is 1. The summed E-state index contributed by atoms with van der Waals surface area (Å²) in [6, 6.07) is 11.9. The van der Waals surface area contributed by atoms with Gasteiger partial charge in [-0.3, -0.25) is 0 Å². The number of aryl methyl sites for hydroxylation is 1. The lowest BCUT2D eigenvalue weighted by Gasteiger charge is -2.47. The van der Waals surface area contributed by atoms with E-state index in [1.165, 1.54) is 11.1 Å². The van der Waals surface area contributed by atoms with Crippen LogP contribution >= 0.6 is 23.4 Å². The monoisotopic (exact) mass is 442 g/mol. The number of phenols is 1. The van der Waals surface area contributed by atoms with Crippen LogP contribution < -0.4 is 10.1 Å². The molecule has 0 saturated heterocycles. The number of aromatic hydroxyl groups is 1. The molecule has 2 aromatic carbocycles. The summed E-state index contributed by atoms with van der Waals surface area (Å²) in [5.74, 6) is 1.50. The number of hydrogen-bond donors (Lipinski definition) is 2. The molecule has 1 spiro atoms. The van der Waals surface area contributed by atoms with Gasteiger partial charge in [-0.2, -0.15) is 0 Å². The second-order valence-corrected chi connectivity index (χ2v) is 10.1. The summed E-state index contributed by atoms with van der Waals surface area (Å²) in [7, 11) is 0. The van der Waals surface area contributed by atoms with Gasteiger partial charge in [0, 0.05) is 41.7 Å². The van der Waals surface area contributed by atoms with Crippen molar-refractivity contribution in [2.45, 2.75) is 50.8 Å². The molecule has 4 rings (SSSR count). The first-order chi connectivity index (χ1) is 14.2. The Morgan fingerprint density at radius 2 is 2.10 bits per heavy atom. The fourth-order valence-electron chi connectivity index (χ4n) is 4.51. The third-order valence-electron chi connectivity index (χ3n) is 5.65. The van der Waals surface area contributed by atoms with E-state index in [1.54, 1.807) is 17.8 Å². The van der Waals surface area contributed by atoms with Crippen molar-refractivity contribution in [3.05, 3.63) is 70.8 Å². The van der Waals surface area contributed by atoms with Gasteiger partial charge in [0.2, 0.25) is 5.72 Å². The molecule has 158 valence electrons. The number of phenolic OH excluding ortho intramolecular Hbond substituents is 1. The molecule has 2 heterocycles. The molecule has 0 radical (unpaired) electrons. The summed E-state index contributed by atoms with van der Waals surface area (Å²) in [6.07, 6.45) is 3.29. The predicted octanol–water partition coefficient (Wildman–Crippen LogP) is 6.01. The van der Waals surface area contributed by atoms with E-state index in [0.29, 0.717) is 23.6 Å². The first-order valence-corrected chi connectivity index (χ1v) is 11.5. The van der Waals surface area contributed by atoms with Crippen LogP contribution in [-0.2, 0) is 0 Å². The van der Waals surface area contributed by atoms with Crippen molar-refractivity contribution in [2.75, 3.05) is 5.75 Å². The van der Waals surface area contributed by atoms with Crippen molar-refractivity contribution < 1.29 is 9.84 Å². The lowest BCUT2D eigenvalue weighted by molar-refractivity contribution is 0.0133. The standard InChI is InChI=1S/C24H27ClN2O2S/c1-5-10-30-22-26-23(3,4)14-24(27-22)13-18(16-9-7-6-8-15(16)2)17-11-19(25)20(28)12-21(17)29-24/h5-9,11-12,18,28H,1,10,13-14H2,2-4H3,(H,26,27)/t18-,24-/m1/s1. The van der Waals surface area contributed by atoms with Gasteiger partial charge in [0.05, 0.1) is 5.02 Å². The number of nitrogens with one attached hydrogen (secondary N) is 1. The highest BCUT2D eigenvalue weighted by Crippen LogP contribution is 2.51. The lowest BCUT2D eigenvalue weighted by Crippen LogP contribution is -2.57. The van der Waals surface area contributed by atoms with Gasteiger partial charge in [-0.1, -0.05) is 53.7 Å². The van der Waals surface area contributed by atoms with Crippen molar-refractivity contribution in [1.29, 1.82) is 0 Å². The summed E-state index contributed by atoms with van der Waals surface area (Å²) < 4.78 is 6.55. The Kier molecular flexibility index (Phi) is 5.54. The third-order valence-corrected chi connectivity index (χ3v) is 6.82. The summed E-state index contributed by atoms with van der Waals surface area (Å²) in [5.41, 5.74) is 2.53. The molecule has 0 amide bonds. The third kappa shape index (κ3) is 4.06. The van der Waals surface area contributed by atoms with Crippen LogP contribution in [0.2, 0.25) is 5.02 Å². The molecule has 0 aliphatic carbocycles. The van der Waals surface area contributed by atoms with Crippen LogP contribution in [0.5, 0.6) is 11.5 Å². The zero-order valence-corrected chi connectivity index (χ0v) is 19.1. The van der Waals surface area contributed by atoms with Crippen molar-refractivity contribution in [1.82, 2.24) is 5.32 Å². The highest BCUT2D eigenvalue weighted by atomic mass is 35.5. The van der Waals surface area contributed by atoms with Gasteiger partial charge in [0.1, 0.15) is 11.5 Å². The first kappa shape index (κ1) is 21.1.